The molecule has 124 valence electrons. The number of aliphatic hydroxyl groups excluding tert-OH is 1. The predicted octanol–water partition coefficient (Wildman–Crippen LogP) is 2.99. The number of benzene rings is 1. The summed E-state index contributed by atoms with van der Waals surface area (Å²) in [5, 5.41) is 10.00. The van der Waals surface area contributed by atoms with Crippen LogP contribution in [0, 0.1) is 17.6 Å². The van der Waals surface area contributed by atoms with Crippen molar-refractivity contribution >= 4 is 0 Å². The van der Waals surface area contributed by atoms with Crippen molar-refractivity contribution in [3.05, 3.63) is 48.1 Å². The van der Waals surface area contributed by atoms with Crippen molar-refractivity contribution in [1.82, 2.24) is 4.90 Å². The molecule has 0 spiro atoms. The van der Waals surface area contributed by atoms with Gasteiger partial charge in [-0.15, -0.1) is 6.58 Å². The van der Waals surface area contributed by atoms with Crippen LogP contribution >= 0.6 is 0 Å². The fraction of sp³-hybridized carbons (Fsp3) is 0.529. The zero-order valence-electron chi connectivity index (χ0n) is 13.3. The summed E-state index contributed by atoms with van der Waals surface area (Å²) in [5.74, 6) is -0.787. The topological polar surface area (TPSA) is 32.7 Å². The Bertz CT molecular complexity index is 466. The third kappa shape index (κ3) is 7.11. The molecular weight excluding hydrogens is 288 g/mol. The number of ether oxygens (including phenoxy) is 1. The molecule has 0 bridgehead atoms. The number of halogens is 2. The van der Waals surface area contributed by atoms with Gasteiger partial charge in [0.25, 0.3) is 0 Å². The van der Waals surface area contributed by atoms with Gasteiger partial charge in [0, 0.05) is 31.3 Å². The van der Waals surface area contributed by atoms with E-state index in [0.717, 1.165) is 6.07 Å². The van der Waals surface area contributed by atoms with E-state index in [1.807, 2.05) is 4.90 Å². The lowest BCUT2D eigenvalue weighted by molar-refractivity contribution is 0.0221. The van der Waals surface area contributed by atoms with Crippen LogP contribution in [0.25, 0.3) is 0 Å². The summed E-state index contributed by atoms with van der Waals surface area (Å²) in [4.78, 5) is 1.95. The van der Waals surface area contributed by atoms with E-state index in [1.54, 1.807) is 6.08 Å². The predicted molar refractivity (Wildman–Crippen MR) is 83.5 cm³/mol. The number of hydrogen-bond donors (Lipinski definition) is 1. The zero-order chi connectivity index (χ0) is 16.5. The quantitative estimate of drug-likeness (QED) is 0.532. The van der Waals surface area contributed by atoms with Crippen LogP contribution in [-0.2, 0) is 11.3 Å². The highest BCUT2D eigenvalue weighted by Crippen LogP contribution is 2.14. The van der Waals surface area contributed by atoms with Crippen molar-refractivity contribution < 1.29 is 18.6 Å². The summed E-state index contributed by atoms with van der Waals surface area (Å²) in [5.41, 5.74) is 0.418. The second kappa shape index (κ2) is 9.66. The number of aliphatic hydroxyl groups is 1. The van der Waals surface area contributed by atoms with Crippen molar-refractivity contribution in [2.45, 2.75) is 26.5 Å². The molecule has 5 heteroatoms. The normalized spacial score (nSPS) is 12.9. The van der Waals surface area contributed by atoms with E-state index >= 15 is 0 Å². The van der Waals surface area contributed by atoms with Crippen LogP contribution in [0.4, 0.5) is 8.78 Å². The van der Waals surface area contributed by atoms with Crippen LogP contribution in [0.2, 0.25) is 0 Å². The molecule has 0 saturated heterocycles. The van der Waals surface area contributed by atoms with E-state index < -0.39 is 17.7 Å². The third-order valence-corrected chi connectivity index (χ3v) is 3.05. The Morgan fingerprint density at radius 1 is 1.32 bits per heavy atom. The standard InChI is InChI=1S/C17H25F2NO2/c1-4-7-22-12-16(21)11-20(9-13(2)3)10-14-5-6-15(18)8-17(14)19/h4-6,8,13,16,21H,1,7,9-12H2,2-3H3. The molecular formula is C17H25F2NO2. The molecule has 1 atom stereocenters. The molecule has 0 aliphatic carbocycles. The highest BCUT2D eigenvalue weighted by atomic mass is 19.1. The van der Waals surface area contributed by atoms with Gasteiger partial charge in [-0.2, -0.15) is 0 Å². The van der Waals surface area contributed by atoms with Crippen molar-refractivity contribution in [1.29, 1.82) is 0 Å². The Morgan fingerprint density at radius 2 is 2.05 bits per heavy atom. The maximum atomic E-state index is 13.8. The second-order valence-corrected chi connectivity index (χ2v) is 5.80. The van der Waals surface area contributed by atoms with E-state index in [0.29, 0.717) is 37.7 Å². The van der Waals surface area contributed by atoms with Gasteiger partial charge in [0.05, 0.1) is 19.3 Å². The summed E-state index contributed by atoms with van der Waals surface area (Å²) in [6.45, 7) is 9.62. The lowest BCUT2D eigenvalue weighted by atomic mass is 10.1. The van der Waals surface area contributed by atoms with Gasteiger partial charge >= 0.3 is 0 Å². The van der Waals surface area contributed by atoms with Crippen molar-refractivity contribution in [2.75, 3.05) is 26.3 Å². The molecule has 0 fully saturated rings. The lowest BCUT2D eigenvalue weighted by Gasteiger charge is -2.27. The van der Waals surface area contributed by atoms with Gasteiger partial charge in [-0.05, 0) is 12.0 Å². The molecule has 1 unspecified atom stereocenters. The first-order chi connectivity index (χ1) is 10.4. The van der Waals surface area contributed by atoms with Gasteiger partial charge in [-0.1, -0.05) is 26.0 Å². The van der Waals surface area contributed by atoms with Gasteiger partial charge < -0.3 is 9.84 Å². The number of rotatable bonds is 10. The summed E-state index contributed by atoms with van der Waals surface area (Å²) >= 11 is 0. The molecule has 0 saturated carbocycles. The van der Waals surface area contributed by atoms with Crippen LogP contribution in [0.1, 0.15) is 19.4 Å². The Kier molecular flexibility index (Phi) is 8.24. The minimum Gasteiger partial charge on any atom is -0.389 e. The van der Waals surface area contributed by atoms with Crippen LogP contribution in [0.15, 0.2) is 30.9 Å². The van der Waals surface area contributed by atoms with E-state index in [2.05, 4.69) is 20.4 Å². The molecule has 0 radical (unpaired) electrons. The fourth-order valence-electron chi connectivity index (χ4n) is 2.25. The van der Waals surface area contributed by atoms with Crippen molar-refractivity contribution in [3.63, 3.8) is 0 Å². The lowest BCUT2D eigenvalue weighted by Crippen LogP contribution is -2.37. The molecule has 0 aromatic heterocycles. The highest BCUT2D eigenvalue weighted by Gasteiger charge is 2.16. The molecule has 3 nitrogen and oxygen atoms in total. The van der Waals surface area contributed by atoms with E-state index in [-0.39, 0.29) is 6.61 Å². The van der Waals surface area contributed by atoms with E-state index in [9.17, 15) is 13.9 Å². The second-order valence-electron chi connectivity index (χ2n) is 5.80. The first kappa shape index (κ1) is 18.7. The Labute approximate surface area is 131 Å². The molecule has 0 amide bonds. The largest absolute Gasteiger partial charge is 0.389 e. The average molecular weight is 313 g/mol. The van der Waals surface area contributed by atoms with Gasteiger partial charge in [0.1, 0.15) is 11.6 Å². The average Bonchev–Trinajstić information content (AvgIpc) is 2.41. The smallest absolute Gasteiger partial charge is 0.130 e. The van der Waals surface area contributed by atoms with E-state index in [1.165, 1.54) is 12.1 Å². The first-order valence-corrected chi connectivity index (χ1v) is 7.45. The summed E-state index contributed by atoms with van der Waals surface area (Å²) in [6, 6.07) is 3.57. The molecule has 22 heavy (non-hydrogen) atoms. The monoisotopic (exact) mass is 313 g/mol. The summed E-state index contributed by atoms with van der Waals surface area (Å²) in [6.07, 6.45) is 0.953. The van der Waals surface area contributed by atoms with Crippen LogP contribution in [0.5, 0.6) is 0 Å². The minimum absolute atomic E-state index is 0.201. The van der Waals surface area contributed by atoms with Crippen LogP contribution in [-0.4, -0.2) is 42.4 Å². The van der Waals surface area contributed by atoms with Gasteiger partial charge in [0.2, 0.25) is 0 Å². The molecule has 0 heterocycles. The van der Waals surface area contributed by atoms with Gasteiger partial charge in [-0.25, -0.2) is 8.78 Å². The van der Waals surface area contributed by atoms with Crippen molar-refractivity contribution in [3.8, 4) is 0 Å². The third-order valence-electron chi connectivity index (χ3n) is 3.05. The molecule has 0 aliphatic rings. The fourth-order valence-corrected chi connectivity index (χ4v) is 2.25. The molecule has 1 aromatic carbocycles. The van der Waals surface area contributed by atoms with Crippen LogP contribution in [0.3, 0.4) is 0 Å². The number of hydrogen-bond acceptors (Lipinski definition) is 3. The number of nitrogens with zero attached hydrogens (tertiary/aromatic N) is 1. The highest BCUT2D eigenvalue weighted by molar-refractivity contribution is 5.18. The molecule has 1 N–H and O–H groups in total. The Hall–Kier alpha value is -1.30. The molecule has 0 aliphatic heterocycles. The van der Waals surface area contributed by atoms with Gasteiger partial charge in [0.15, 0.2) is 0 Å². The summed E-state index contributed by atoms with van der Waals surface area (Å²) in [7, 11) is 0. The molecule has 1 aromatic rings. The Morgan fingerprint density at radius 3 is 2.64 bits per heavy atom. The Balaban J connectivity index is 2.65. The van der Waals surface area contributed by atoms with Crippen molar-refractivity contribution in [2.24, 2.45) is 5.92 Å². The zero-order valence-corrected chi connectivity index (χ0v) is 13.3. The van der Waals surface area contributed by atoms with Crippen LogP contribution < -0.4 is 0 Å². The van der Waals surface area contributed by atoms with Gasteiger partial charge in [-0.3, -0.25) is 4.90 Å². The van der Waals surface area contributed by atoms with E-state index in [4.69, 9.17) is 4.74 Å². The molecule has 1 rings (SSSR count). The first-order valence-electron chi connectivity index (χ1n) is 7.45. The minimum atomic E-state index is -0.665. The SMILES string of the molecule is C=CCOCC(O)CN(Cc1ccc(F)cc1F)CC(C)C. The maximum Gasteiger partial charge on any atom is 0.130 e. The summed E-state index contributed by atoms with van der Waals surface area (Å²) < 4.78 is 32.0. The maximum absolute atomic E-state index is 13.8.